The van der Waals surface area contributed by atoms with Gasteiger partial charge in [0.25, 0.3) is 5.91 Å². The second-order valence-corrected chi connectivity index (χ2v) is 18.6. The molecule has 1 spiro atoms. The predicted octanol–water partition coefficient (Wildman–Crippen LogP) is 5.92. The van der Waals surface area contributed by atoms with Crippen molar-refractivity contribution < 1.29 is 32.8 Å². The maximum Gasteiger partial charge on any atom is 0.269 e. The molecule has 10 rings (SSSR count). The van der Waals surface area contributed by atoms with E-state index in [9.17, 15) is 24.0 Å². The van der Waals surface area contributed by atoms with Crippen molar-refractivity contribution in [2.24, 2.45) is 0 Å². The molecule has 5 aromatic rings. The number of aryl methyl sites for hydroxylation is 1. The Balaban J connectivity index is 0.866. The second-order valence-electron chi connectivity index (χ2n) is 18.2. The molecule has 1 unspecified atom stereocenters. The number of H-pyrrole nitrogens is 1. The standard InChI is InChI=1S/C49H50ClF2N9O5/c1-56(2)47(65)37-26-34-32(24-31(44(52)45(34)54-37)30-7-4-16-59(28-30)42(63)12-19-60-17-5-15-53-60)33-25-36(51)40(27-35(33)50)58-22-20-57(21-23-58)18-11-29-6-3-8-38-43(29)49(13-14-49)48(66)61(38)39-9-10-41(62)55-46(39)64/h3,5-8,15,17,24-27,39,54H,4,9-14,16,18-23,28H2,1-2H3,(H,55,62,64). The van der Waals surface area contributed by atoms with Gasteiger partial charge in [0, 0.05) is 114 Å². The lowest BCUT2D eigenvalue weighted by Crippen LogP contribution is -2.54. The van der Waals surface area contributed by atoms with Crippen LogP contribution in [0.4, 0.5) is 20.2 Å². The van der Waals surface area contributed by atoms with Crippen LogP contribution in [0.25, 0.3) is 27.6 Å². The number of rotatable bonds is 11. The normalized spacial score (nSPS) is 19.4. The zero-order chi connectivity index (χ0) is 46.0. The van der Waals surface area contributed by atoms with Crippen molar-refractivity contribution in [1.29, 1.82) is 0 Å². The van der Waals surface area contributed by atoms with Crippen molar-refractivity contribution in [2.75, 3.05) is 69.7 Å². The summed E-state index contributed by atoms with van der Waals surface area (Å²) in [5.41, 5.74) is 4.45. The van der Waals surface area contributed by atoms with Crippen LogP contribution in [-0.2, 0) is 37.6 Å². The highest BCUT2D eigenvalue weighted by molar-refractivity contribution is 6.34. The molecule has 0 radical (unpaired) electrons. The van der Waals surface area contributed by atoms with Crippen LogP contribution in [0.5, 0.6) is 0 Å². The van der Waals surface area contributed by atoms with Gasteiger partial charge in [-0.3, -0.25) is 43.8 Å². The van der Waals surface area contributed by atoms with Crippen LogP contribution in [0.15, 0.2) is 67.0 Å². The molecule has 6 heterocycles. The van der Waals surface area contributed by atoms with Crippen LogP contribution >= 0.6 is 11.6 Å². The van der Waals surface area contributed by atoms with E-state index >= 15 is 8.78 Å². The summed E-state index contributed by atoms with van der Waals surface area (Å²) in [4.78, 5) is 77.1. The van der Waals surface area contributed by atoms with Crippen molar-refractivity contribution in [1.82, 2.24) is 34.8 Å². The molecule has 5 aliphatic rings. The van der Waals surface area contributed by atoms with Crippen LogP contribution in [0.1, 0.15) is 65.7 Å². The number of nitrogens with one attached hydrogen (secondary N) is 2. The van der Waals surface area contributed by atoms with Crippen LogP contribution in [0.3, 0.4) is 0 Å². The third kappa shape index (κ3) is 7.72. The fourth-order valence-electron chi connectivity index (χ4n) is 10.3. The number of hydrogen-bond donors (Lipinski definition) is 2. The van der Waals surface area contributed by atoms with Crippen LogP contribution in [0.2, 0.25) is 5.02 Å². The summed E-state index contributed by atoms with van der Waals surface area (Å²) in [6.07, 6.45) is 8.77. The fourth-order valence-corrected chi connectivity index (χ4v) is 10.6. The van der Waals surface area contributed by atoms with E-state index in [-0.39, 0.29) is 64.8 Å². The number of carbonyl (C=O) groups is 5. The first kappa shape index (κ1) is 43.5. The molecule has 14 nitrogen and oxygen atoms in total. The Kier molecular flexibility index (Phi) is 11.3. The molecule has 3 aromatic carbocycles. The Hall–Kier alpha value is -6.39. The number of amides is 5. The number of carbonyl (C=O) groups excluding carboxylic acids is 5. The third-order valence-corrected chi connectivity index (χ3v) is 14.3. The average Bonchev–Trinajstić information content (AvgIpc) is 3.59. The van der Waals surface area contributed by atoms with E-state index in [1.54, 1.807) is 65.2 Å². The molecular formula is C49H50ClF2N9O5. The maximum atomic E-state index is 16.7. The summed E-state index contributed by atoms with van der Waals surface area (Å²) in [6.45, 7) is 4.19. The maximum absolute atomic E-state index is 16.7. The first-order chi connectivity index (χ1) is 31.8. The number of nitrogens with zero attached hydrogens (tertiary/aromatic N) is 7. The molecule has 66 heavy (non-hydrogen) atoms. The minimum atomic E-state index is -0.706. The number of benzene rings is 3. The zero-order valence-corrected chi connectivity index (χ0v) is 37.6. The third-order valence-electron chi connectivity index (χ3n) is 14.0. The van der Waals surface area contributed by atoms with Crippen LogP contribution in [-0.4, -0.2) is 125 Å². The van der Waals surface area contributed by atoms with Gasteiger partial charge in [0.1, 0.15) is 17.6 Å². The minimum Gasteiger partial charge on any atom is -0.367 e. The van der Waals surface area contributed by atoms with Gasteiger partial charge in [-0.05, 0) is 90.8 Å². The van der Waals surface area contributed by atoms with Gasteiger partial charge in [0.2, 0.25) is 23.6 Å². The molecule has 1 aliphatic carbocycles. The van der Waals surface area contributed by atoms with Crippen molar-refractivity contribution in [3.63, 3.8) is 0 Å². The average molecular weight is 918 g/mol. The summed E-state index contributed by atoms with van der Waals surface area (Å²) in [6, 6.07) is 13.2. The molecule has 5 amide bonds. The number of hydrogen-bond acceptors (Lipinski definition) is 8. The van der Waals surface area contributed by atoms with Gasteiger partial charge >= 0.3 is 0 Å². The molecule has 2 N–H and O–H groups in total. The Morgan fingerprint density at radius 3 is 2.47 bits per heavy atom. The molecule has 1 atom stereocenters. The molecule has 17 heteroatoms. The summed E-state index contributed by atoms with van der Waals surface area (Å²) in [5, 5.41) is 7.22. The quantitative estimate of drug-likeness (QED) is 0.156. The fraction of sp³-hybridized carbons (Fsp3) is 0.388. The smallest absolute Gasteiger partial charge is 0.269 e. The highest BCUT2D eigenvalue weighted by atomic mass is 35.5. The SMILES string of the molecule is CN(C)C(=O)c1cc2c(-c3cc(F)c(N4CCN(CCc5cccc6c5C5(CC5)C(=O)N6C5CCC(=O)NC5=O)CC4)cc3Cl)cc(C3=CCCN(C(=O)CCn4cccn4)C3)c(F)c2[nH]1. The van der Waals surface area contributed by atoms with Crippen molar-refractivity contribution >= 4 is 69.0 Å². The van der Waals surface area contributed by atoms with E-state index in [2.05, 4.69) is 26.4 Å². The van der Waals surface area contributed by atoms with Gasteiger partial charge in [-0.25, -0.2) is 8.78 Å². The number of aromatic amines is 1. The Bertz CT molecular complexity index is 2850. The predicted molar refractivity (Wildman–Crippen MR) is 246 cm³/mol. The molecule has 2 saturated heterocycles. The van der Waals surface area contributed by atoms with Crippen molar-refractivity contribution in [3.05, 3.63) is 106 Å². The molecule has 342 valence electrons. The highest BCUT2D eigenvalue weighted by Gasteiger charge is 2.62. The molecule has 3 fully saturated rings. The van der Waals surface area contributed by atoms with Crippen molar-refractivity contribution in [3.8, 4) is 11.1 Å². The van der Waals surface area contributed by atoms with Gasteiger partial charge in [0.05, 0.1) is 21.6 Å². The first-order valence-corrected chi connectivity index (χ1v) is 23.0. The van der Waals surface area contributed by atoms with Gasteiger partial charge < -0.3 is 19.7 Å². The number of aromatic nitrogens is 3. The van der Waals surface area contributed by atoms with E-state index < -0.39 is 29.0 Å². The number of piperazine rings is 1. The lowest BCUT2D eigenvalue weighted by molar-refractivity contribution is -0.136. The molecule has 1 saturated carbocycles. The first-order valence-electron chi connectivity index (χ1n) is 22.6. The van der Waals surface area contributed by atoms with E-state index in [4.69, 9.17) is 11.6 Å². The lowest BCUT2D eigenvalue weighted by atomic mass is 9.91. The molecule has 2 aromatic heterocycles. The van der Waals surface area contributed by atoms with Gasteiger partial charge in [-0.15, -0.1) is 0 Å². The largest absolute Gasteiger partial charge is 0.367 e. The van der Waals surface area contributed by atoms with Gasteiger partial charge in [-0.2, -0.15) is 5.10 Å². The van der Waals surface area contributed by atoms with Crippen molar-refractivity contribution in [2.45, 2.75) is 62.9 Å². The lowest BCUT2D eigenvalue weighted by Gasteiger charge is -2.36. The minimum absolute atomic E-state index is 0.0548. The van der Waals surface area contributed by atoms with Gasteiger partial charge in [0.15, 0.2) is 5.82 Å². The number of piperidine rings is 1. The van der Waals surface area contributed by atoms with E-state index in [0.717, 1.165) is 36.2 Å². The van der Waals surface area contributed by atoms with E-state index in [1.807, 2.05) is 23.1 Å². The zero-order valence-electron chi connectivity index (χ0n) is 36.8. The Morgan fingerprint density at radius 1 is 0.939 bits per heavy atom. The van der Waals surface area contributed by atoms with Gasteiger partial charge in [-0.1, -0.05) is 29.8 Å². The second kappa shape index (κ2) is 17.1. The molecule has 0 bridgehead atoms. The number of anilines is 2. The van der Waals surface area contributed by atoms with Crippen LogP contribution < -0.4 is 15.1 Å². The van der Waals surface area contributed by atoms with Crippen LogP contribution in [0, 0.1) is 11.6 Å². The Labute approximate surface area is 385 Å². The number of fused-ring (bicyclic) bond motifs is 3. The number of halogens is 3. The van der Waals surface area contributed by atoms with E-state index in [1.165, 1.54) is 11.0 Å². The monoisotopic (exact) mass is 917 g/mol. The molecular weight excluding hydrogens is 868 g/mol. The summed E-state index contributed by atoms with van der Waals surface area (Å²) >= 11 is 7.08. The Morgan fingerprint density at radius 2 is 1.74 bits per heavy atom. The highest BCUT2D eigenvalue weighted by Crippen LogP contribution is 2.59. The topological polar surface area (TPSA) is 147 Å². The van der Waals surface area contributed by atoms with E-state index in [0.29, 0.717) is 86.3 Å². The number of imide groups is 1. The summed E-state index contributed by atoms with van der Waals surface area (Å²) < 4.78 is 34.9. The summed E-state index contributed by atoms with van der Waals surface area (Å²) in [5.74, 6) is -2.32. The molecule has 4 aliphatic heterocycles. The summed E-state index contributed by atoms with van der Waals surface area (Å²) in [7, 11) is 3.21.